The molecule has 0 saturated heterocycles. The van der Waals surface area contributed by atoms with Gasteiger partial charge in [-0.15, -0.1) is 0 Å². The molecule has 0 aromatic heterocycles. The van der Waals surface area contributed by atoms with Crippen molar-refractivity contribution in [3.8, 4) is 5.75 Å². The maximum atomic E-state index is 9.65. The van der Waals surface area contributed by atoms with Crippen LogP contribution in [0, 0.1) is 5.41 Å². The Morgan fingerprint density at radius 3 is 1.78 bits per heavy atom. The van der Waals surface area contributed by atoms with Crippen molar-refractivity contribution in [1.29, 1.82) is 5.41 Å². The van der Waals surface area contributed by atoms with Gasteiger partial charge in [0.2, 0.25) is 0 Å². The van der Waals surface area contributed by atoms with Gasteiger partial charge in [-0.25, -0.2) is 0 Å². The number of phenols is 1. The lowest BCUT2D eigenvalue weighted by molar-refractivity contribution is 0.466. The van der Waals surface area contributed by atoms with E-state index in [0.29, 0.717) is 5.75 Å². The number of para-hydroxylation sites is 1. The van der Waals surface area contributed by atoms with Gasteiger partial charge in [-0.05, 0) is 24.5 Å². The Hall–Kier alpha value is -1.71. The van der Waals surface area contributed by atoms with E-state index in [2.05, 4.69) is 18.4 Å². The number of nitrogens with one attached hydrogen (secondary N) is 1. The van der Waals surface area contributed by atoms with Crippen LogP contribution in [0.1, 0.15) is 76.7 Å². The SMILES string of the molecule is CCCCCCCCCCCCc1ccccc1O.N=C(N)N. The molecule has 4 heteroatoms. The molecule has 0 atom stereocenters. The molecular formula is C19H35N3O. The zero-order valence-electron chi connectivity index (χ0n) is 14.7. The number of rotatable bonds is 11. The molecule has 6 N–H and O–H groups in total. The van der Waals surface area contributed by atoms with Crippen molar-refractivity contribution in [1.82, 2.24) is 0 Å². The van der Waals surface area contributed by atoms with Gasteiger partial charge < -0.3 is 16.6 Å². The van der Waals surface area contributed by atoms with E-state index in [0.717, 1.165) is 12.0 Å². The summed E-state index contributed by atoms with van der Waals surface area (Å²) in [7, 11) is 0. The molecule has 1 aromatic carbocycles. The molecule has 0 fully saturated rings. The number of aryl methyl sites for hydroxylation is 1. The van der Waals surface area contributed by atoms with E-state index in [1.807, 2.05) is 18.2 Å². The summed E-state index contributed by atoms with van der Waals surface area (Å²) in [5.74, 6) is 0.124. The molecule has 1 rings (SSSR count). The van der Waals surface area contributed by atoms with Gasteiger partial charge in [-0.3, -0.25) is 5.41 Å². The Kier molecular flexibility index (Phi) is 14.1. The fraction of sp³-hybridized carbons (Fsp3) is 0.632. The molecule has 4 nitrogen and oxygen atoms in total. The van der Waals surface area contributed by atoms with Gasteiger partial charge in [0.05, 0.1) is 0 Å². The third-order valence-electron chi connectivity index (χ3n) is 3.79. The molecule has 0 unspecified atom stereocenters. The van der Waals surface area contributed by atoms with Gasteiger partial charge in [0, 0.05) is 0 Å². The molecule has 23 heavy (non-hydrogen) atoms. The van der Waals surface area contributed by atoms with Crippen LogP contribution in [0.4, 0.5) is 0 Å². The largest absolute Gasteiger partial charge is 0.508 e. The van der Waals surface area contributed by atoms with Crippen molar-refractivity contribution in [2.45, 2.75) is 77.6 Å². The molecular weight excluding hydrogens is 286 g/mol. The molecule has 0 aliphatic carbocycles. The van der Waals surface area contributed by atoms with E-state index in [1.165, 1.54) is 64.2 Å². The van der Waals surface area contributed by atoms with E-state index in [4.69, 9.17) is 5.41 Å². The van der Waals surface area contributed by atoms with Crippen molar-refractivity contribution in [2.24, 2.45) is 11.5 Å². The second kappa shape index (κ2) is 15.2. The van der Waals surface area contributed by atoms with Gasteiger partial charge in [0.1, 0.15) is 5.75 Å². The van der Waals surface area contributed by atoms with Crippen molar-refractivity contribution in [3.63, 3.8) is 0 Å². The minimum atomic E-state index is -0.333. The fourth-order valence-electron chi connectivity index (χ4n) is 2.53. The van der Waals surface area contributed by atoms with E-state index < -0.39 is 0 Å². The summed E-state index contributed by atoms with van der Waals surface area (Å²) >= 11 is 0. The van der Waals surface area contributed by atoms with E-state index in [9.17, 15) is 5.11 Å². The predicted octanol–water partition coefficient (Wildman–Crippen LogP) is 4.69. The molecule has 0 saturated carbocycles. The highest BCUT2D eigenvalue weighted by atomic mass is 16.3. The zero-order valence-corrected chi connectivity index (χ0v) is 14.7. The van der Waals surface area contributed by atoms with Crippen LogP contribution in [0.3, 0.4) is 0 Å². The molecule has 0 aliphatic heterocycles. The smallest absolute Gasteiger partial charge is 0.183 e. The van der Waals surface area contributed by atoms with E-state index in [-0.39, 0.29) is 5.96 Å². The fourth-order valence-corrected chi connectivity index (χ4v) is 2.53. The van der Waals surface area contributed by atoms with Crippen molar-refractivity contribution in [3.05, 3.63) is 29.8 Å². The van der Waals surface area contributed by atoms with Crippen molar-refractivity contribution >= 4 is 5.96 Å². The maximum absolute atomic E-state index is 9.65. The summed E-state index contributed by atoms with van der Waals surface area (Å²) in [6.07, 6.45) is 14.6. The first-order chi connectivity index (χ1) is 11.1. The number of unbranched alkanes of at least 4 members (excludes halogenated alkanes) is 9. The maximum Gasteiger partial charge on any atom is 0.183 e. The van der Waals surface area contributed by atoms with Crippen LogP contribution >= 0.6 is 0 Å². The predicted molar refractivity (Wildman–Crippen MR) is 99.8 cm³/mol. The average molecular weight is 322 g/mol. The first-order valence-electron chi connectivity index (χ1n) is 8.94. The zero-order chi connectivity index (χ0) is 17.3. The lowest BCUT2D eigenvalue weighted by Crippen LogP contribution is -2.20. The van der Waals surface area contributed by atoms with Crippen molar-refractivity contribution in [2.75, 3.05) is 0 Å². The summed E-state index contributed by atoms with van der Waals surface area (Å²) in [5.41, 5.74) is 10.0. The highest BCUT2D eigenvalue weighted by molar-refractivity contribution is 5.71. The highest BCUT2D eigenvalue weighted by Crippen LogP contribution is 2.19. The number of nitrogens with two attached hydrogens (primary N) is 2. The van der Waals surface area contributed by atoms with Crippen LogP contribution in [-0.2, 0) is 6.42 Å². The Morgan fingerprint density at radius 2 is 1.30 bits per heavy atom. The van der Waals surface area contributed by atoms with Gasteiger partial charge in [-0.1, -0.05) is 82.9 Å². The minimum Gasteiger partial charge on any atom is -0.508 e. The van der Waals surface area contributed by atoms with Crippen LogP contribution in [0.25, 0.3) is 0 Å². The topological polar surface area (TPSA) is 96.1 Å². The molecule has 0 spiro atoms. The van der Waals surface area contributed by atoms with Gasteiger partial charge in [0.15, 0.2) is 5.96 Å². The minimum absolute atomic E-state index is 0.333. The second-order valence-electron chi connectivity index (χ2n) is 6.02. The van der Waals surface area contributed by atoms with Crippen LogP contribution < -0.4 is 11.5 Å². The molecule has 132 valence electrons. The van der Waals surface area contributed by atoms with Crippen LogP contribution in [0.2, 0.25) is 0 Å². The number of hydrogen-bond acceptors (Lipinski definition) is 2. The monoisotopic (exact) mass is 321 g/mol. The Labute approximate surface area is 141 Å². The standard InChI is InChI=1S/C18H30O.CH5N3/c1-2-3-4-5-6-7-8-9-10-11-14-17-15-12-13-16-18(17)19;2-1(3)4/h12-13,15-16,19H,2-11,14H2,1H3;(H5,2,3,4). The molecule has 0 aliphatic rings. The molecule has 0 radical (unpaired) electrons. The summed E-state index contributed by atoms with van der Waals surface area (Å²) in [6.45, 7) is 2.27. The average Bonchev–Trinajstić information content (AvgIpc) is 2.50. The van der Waals surface area contributed by atoms with Crippen LogP contribution in [0.15, 0.2) is 24.3 Å². The van der Waals surface area contributed by atoms with Crippen LogP contribution in [0.5, 0.6) is 5.75 Å². The number of benzene rings is 1. The number of guanidine groups is 1. The lowest BCUT2D eigenvalue weighted by atomic mass is 10.0. The lowest BCUT2D eigenvalue weighted by Gasteiger charge is -2.04. The van der Waals surface area contributed by atoms with Crippen molar-refractivity contribution < 1.29 is 5.11 Å². The third kappa shape index (κ3) is 15.0. The van der Waals surface area contributed by atoms with Gasteiger partial charge >= 0.3 is 0 Å². The Bertz CT molecular complexity index is 403. The second-order valence-corrected chi connectivity index (χ2v) is 6.02. The number of phenolic OH excluding ortho intramolecular Hbond substituents is 1. The summed E-state index contributed by atoms with van der Waals surface area (Å²) in [5, 5.41) is 15.7. The summed E-state index contributed by atoms with van der Waals surface area (Å²) in [6, 6.07) is 7.71. The molecule has 0 amide bonds. The van der Waals surface area contributed by atoms with Crippen LogP contribution in [-0.4, -0.2) is 11.1 Å². The Balaban J connectivity index is 0.00000108. The molecule has 1 aromatic rings. The normalized spacial score (nSPS) is 9.96. The van der Waals surface area contributed by atoms with Gasteiger partial charge in [0.25, 0.3) is 0 Å². The van der Waals surface area contributed by atoms with E-state index in [1.54, 1.807) is 6.07 Å². The first kappa shape index (κ1) is 21.3. The van der Waals surface area contributed by atoms with E-state index >= 15 is 0 Å². The van der Waals surface area contributed by atoms with Gasteiger partial charge in [-0.2, -0.15) is 0 Å². The quantitative estimate of drug-likeness (QED) is 0.270. The number of aromatic hydroxyl groups is 1. The first-order valence-corrected chi connectivity index (χ1v) is 8.94. The number of hydrogen-bond donors (Lipinski definition) is 4. The highest BCUT2D eigenvalue weighted by Gasteiger charge is 1.99. The summed E-state index contributed by atoms with van der Waals surface area (Å²) < 4.78 is 0. The molecule has 0 heterocycles. The summed E-state index contributed by atoms with van der Waals surface area (Å²) in [4.78, 5) is 0. The third-order valence-corrected chi connectivity index (χ3v) is 3.79. The molecule has 0 bridgehead atoms. The Morgan fingerprint density at radius 1 is 0.870 bits per heavy atom.